The number of ether oxygens (including phenoxy) is 1. The van der Waals surface area contributed by atoms with Gasteiger partial charge in [-0.25, -0.2) is 20.6 Å². The molecule has 1 rings (SSSR count). The number of nitrogens with zero attached hydrogens (tertiary/aromatic N) is 2. The number of carbonyl (C=O) groups excluding carboxylic acids is 1. The molecule has 0 aromatic carbocycles. The van der Waals surface area contributed by atoms with Gasteiger partial charge in [0.05, 0.1) is 7.11 Å². The smallest absolute Gasteiger partial charge is 0.328 e. The van der Waals surface area contributed by atoms with Crippen LogP contribution in [0.5, 0.6) is 0 Å². The Bertz CT molecular complexity index is 383. The number of rotatable bonds is 5. The molecule has 94 valence electrons. The van der Waals surface area contributed by atoms with Crippen molar-refractivity contribution in [1.29, 1.82) is 0 Å². The van der Waals surface area contributed by atoms with E-state index in [0.717, 1.165) is 0 Å². The number of nitrogens with two attached hydrogens (primary N) is 1. The highest BCUT2D eigenvalue weighted by molar-refractivity contribution is 5.79. The number of hydrazine groups is 1. The number of anilines is 2. The Balaban J connectivity index is 2.82. The quantitative estimate of drug-likeness (QED) is 0.387. The van der Waals surface area contributed by atoms with Crippen LogP contribution in [0.3, 0.4) is 0 Å². The van der Waals surface area contributed by atoms with Gasteiger partial charge >= 0.3 is 5.97 Å². The van der Waals surface area contributed by atoms with E-state index in [1.807, 2.05) is 13.8 Å². The van der Waals surface area contributed by atoms with Crippen LogP contribution in [0, 0.1) is 5.92 Å². The van der Waals surface area contributed by atoms with Crippen molar-refractivity contribution in [2.24, 2.45) is 11.8 Å². The molecule has 0 saturated carbocycles. The maximum atomic E-state index is 11.5. The molecule has 4 N–H and O–H groups in total. The van der Waals surface area contributed by atoms with Crippen molar-refractivity contribution in [1.82, 2.24) is 9.97 Å². The normalized spacial score (nSPS) is 12.1. The van der Waals surface area contributed by atoms with E-state index >= 15 is 0 Å². The highest BCUT2D eigenvalue weighted by Gasteiger charge is 2.23. The molecule has 1 aromatic heterocycles. The van der Waals surface area contributed by atoms with Crippen LogP contribution in [-0.4, -0.2) is 29.1 Å². The molecule has 7 heteroatoms. The van der Waals surface area contributed by atoms with E-state index in [-0.39, 0.29) is 11.9 Å². The van der Waals surface area contributed by atoms with Gasteiger partial charge in [-0.1, -0.05) is 13.8 Å². The Morgan fingerprint density at radius 1 is 1.41 bits per heavy atom. The Labute approximate surface area is 99.7 Å². The molecule has 0 aliphatic rings. The zero-order valence-electron chi connectivity index (χ0n) is 10.1. The Kier molecular flexibility index (Phi) is 4.65. The maximum Gasteiger partial charge on any atom is 0.328 e. The lowest BCUT2D eigenvalue weighted by molar-refractivity contribution is -0.142. The summed E-state index contributed by atoms with van der Waals surface area (Å²) in [5, 5.41) is 2.98. The highest BCUT2D eigenvalue weighted by atomic mass is 16.5. The summed E-state index contributed by atoms with van der Waals surface area (Å²) in [6.07, 6.45) is 1.35. The molecule has 1 unspecified atom stereocenters. The minimum absolute atomic E-state index is 0.0756. The average molecular weight is 239 g/mol. The van der Waals surface area contributed by atoms with Gasteiger partial charge in [-0.15, -0.1) is 0 Å². The first-order valence-electron chi connectivity index (χ1n) is 5.21. The van der Waals surface area contributed by atoms with Crippen LogP contribution >= 0.6 is 0 Å². The summed E-state index contributed by atoms with van der Waals surface area (Å²) >= 11 is 0. The van der Waals surface area contributed by atoms with Crippen molar-refractivity contribution < 1.29 is 9.53 Å². The molecule has 0 fully saturated rings. The fourth-order valence-corrected chi connectivity index (χ4v) is 1.30. The topological polar surface area (TPSA) is 102 Å². The van der Waals surface area contributed by atoms with Gasteiger partial charge in [0.15, 0.2) is 0 Å². The lowest BCUT2D eigenvalue weighted by Gasteiger charge is -2.20. The summed E-state index contributed by atoms with van der Waals surface area (Å²) < 4.78 is 4.72. The van der Waals surface area contributed by atoms with Gasteiger partial charge in [-0.05, 0) is 5.92 Å². The zero-order chi connectivity index (χ0) is 12.8. The molecule has 0 bridgehead atoms. The molecule has 1 heterocycles. The predicted molar refractivity (Wildman–Crippen MR) is 64.1 cm³/mol. The second-order valence-electron chi connectivity index (χ2n) is 3.82. The molecule has 0 saturated heterocycles. The summed E-state index contributed by atoms with van der Waals surface area (Å²) in [6.45, 7) is 3.83. The van der Waals surface area contributed by atoms with E-state index < -0.39 is 6.04 Å². The van der Waals surface area contributed by atoms with Gasteiger partial charge in [0.2, 0.25) is 0 Å². The minimum atomic E-state index is -0.458. The first kappa shape index (κ1) is 13.2. The van der Waals surface area contributed by atoms with Gasteiger partial charge in [-0.2, -0.15) is 0 Å². The van der Waals surface area contributed by atoms with Crippen molar-refractivity contribution in [3.63, 3.8) is 0 Å². The third-order valence-corrected chi connectivity index (χ3v) is 2.24. The number of carbonyl (C=O) groups is 1. The molecule has 0 radical (unpaired) electrons. The van der Waals surface area contributed by atoms with E-state index in [1.165, 1.54) is 13.4 Å². The van der Waals surface area contributed by atoms with E-state index in [0.29, 0.717) is 11.6 Å². The summed E-state index contributed by atoms with van der Waals surface area (Å²) in [4.78, 5) is 19.4. The average Bonchev–Trinajstić information content (AvgIpc) is 2.35. The molecular formula is C10H17N5O2. The predicted octanol–water partition coefficient (Wildman–Crippen LogP) is 0.372. The van der Waals surface area contributed by atoms with Crippen LogP contribution in [0.2, 0.25) is 0 Å². The van der Waals surface area contributed by atoms with Crippen molar-refractivity contribution >= 4 is 17.6 Å². The number of aromatic nitrogens is 2. The second-order valence-corrected chi connectivity index (χ2v) is 3.82. The molecule has 0 amide bonds. The second kappa shape index (κ2) is 6.00. The maximum absolute atomic E-state index is 11.5. The number of hydrogen-bond donors (Lipinski definition) is 3. The van der Waals surface area contributed by atoms with Crippen LogP contribution in [0.1, 0.15) is 13.8 Å². The van der Waals surface area contributed by atoms with E-state index in [1.54, 1.807) is 6.07 Å². The first-order valence-corrected chi connectivity index (χ1v) is 5.21. The van der Waals surface area contributed by atoms with E-state index in [2.05, 4.69) is 20.7 Å². The zero-order valence-corrected chi connectivity index (χ0v) is 10.1. The Hall–Kier alpha value is -1.89. The molecular weight excluding hydrogens is 222 g/mol. The van der Waals surface area contributed by atoms with Crippen LogP contribution < -0.4 is 16.6 Å². The fourth-order valence-electron chi connectivity index (χ4n) is 1.30. The molecule has 0 aliphatic carbocycles. The van der Waals surface area contributed by atoms with Gasteiger partial charge in [0.25, 0.3) is 0 Å². The first-order chi connectivity index (χ1) is 8.08. The van der Waals surface area contributed by atoms with Crippen LogP contribution in [0.15, 0.2) is 12.4 Å². The standard InChI is InChI=1S/C10H17N5O2/c1-6(2)9(10(16)17-3)14-7-4-8(15-11)13-5-12-7/h4-6,9H,11H2,1-3H3,(H2,12,13,14,15). The van der Waals surface area contributed by atoms with E-state index in [4.69, 9.17) is 10.6 Å². The lowest BCUT2D eigenvalue weighted by atomic mass is 10.0. The van der Waals surface area contributed by atoms with E-state index in [9.17, 15) is 4.79 Å². The molecule has 7 nitrogen and oxygen atoms in total. The Morgan fingerprint density at radius 3 is 2.59 bits per heavy atom. The molecule has 0 spiro atoms. The largest absolute Gasteiger partial charge is 0.467 e. The third-order valence-electron chi connectivity index (χ3n) is 2.24. The molecule has 1 aromatic rings. The van der Waals surface area contributed by atoms with Gasteiger partial charge in [-0.3, -0.25) is 0 Å². The third kappa shape index (κ3) is 3.56. The molecule has 0 aliphatic heterocycles. The number of methoxy groups -OCH3 is 1. The number of esters is 1. The van der Waals surface area contributed by atoms with Crippen LogP contribution in [-0.2, 0) is 9.53 Å². The summed E-state index contributed by atoms with van der Waals surface area (Å²) in [6, 6.07) is 1.15. The van der Waals surface area contributed by atoms with Crippen molar-refractivity contribution in [2.45, 2.75) is 19.9 Å². The lowest BCUT2D eigenvalue weighted by Crippen LogP contribution is -2.35. The Morgan fingerprint density at radius 2 is 2.06 bits per heavy atom. The monoisotopic (exact) mass is 239 g/mol. The fraction of sp³-hybridized carbons (Fsp3) is 0.500. The van der Waals surface area contributed by atoms with Gasteiger partial charge in [0.1, 0.15) is 24.0 Å². The summed E-state index contributed by atoms with van der Waals surface area (Å²) in [7, 11) is 1.35. The SMILES string of the molecule is COC(=O)C(Nc1cc(NN)ncn1)C(C)C. The van der Waals surface area contributed by atoms with Gasteiger partial charge < -0.3 is 15.5 Å². The molecule has 1 atom stereocenters. The molecule has 17 heavy (non-hydrogen) atoms. The number of nitrogen functional groups attached to an aromatic ring is 1. The highest BCUT2D eigenvalue weighted by Crippen LogP contribution is 2.13. The van der Waals surface area contributed by atoms with Gasteiger partial charge in [0, 0.05) is 6.07 Å². The number of nitrogens with one attached hydrogen (secondary N) is 2. The van der Waals surface area contributed by atoms with Crippen LogP contribution in [0.4, 0.5) is 11.6 Å². The van der Waals surface area contributed by atoms with Crippen molar-refractivity contribution in [3.05, 3.63) is 12.4 Å². The summed E-state index contributed by atoms with van der Waals surface area (Å²) in [5.74, 6) is 5.96. The van der Waals surface area contributed by atoms with Crippen molar-refractivity contribution in [3.8, 4) is 0 Å². The number of hydrogen-bond acceptors (Lipinski definition) is 7. The van der Waals surface area contributed by atoms with Crippen molar-refractivity contribution in [2.75, 3.05) is 17.9 Å². The summed E-state index contributed by atoms with van der Waals surface area (Å²) in [5.41, 5.74) is 2.41. The van der Waals surface area contributed by atoms with Crippen LogP contribution in [0.25, 0.3) is 0 Å². The minimum Gasteiger partial charge on any atom is -0.467 e.